The molecule has 0 saturated heterocycles. The van der Waals surface area contributed by atoms with E-state index in [0.29, 0.717) is 22.9 Å². The van der Waals surface area contributed by atoms with Crippen molar-refractivity contribution in [3.63, 3.8) is 0 Å². The van der Waals surface area contributed by atoms with E-state index in [0.717, 1.165) is 9.87 Å². The number of amides is 2. The molecule has 0 bridgehead atoms. The third kappa shape index (κ3) is 9.64. The molecule has 0 fully saturated rings. The predicted octanol–water partition coefficient (Wildman–Crippen LogP) is 7.26. The Hall–Kier alpha value is -3.76. The molecule has 1 N–H and O–H groups in total. The van der Waals surface area contributed by atoms with Crippen molar-refractivity contribution in [3.8, 4) is 5.75 Å². The third-order valence-electron chi connectivity index (χ3n) is 7.32. The van der Waals surface area contributed by atoms with E-state index in [1.165, 1.54) is 42.3 Å². The molecule has 0 saturated carbocycles. The average Bonchev–Trinajstić information content (AvgIpc) is 3.06. The van der Waals surface area contributed by atoms with Gasteiger partial charge in [0, 0.05) is 24.5 Å². The highest BCUT2D eigenvalue weighted by molar-refractivity contribution is 7.92. The molecule has 0 aliphatic carbocycles. The van der Waals surface area contributed by atoms with Crippen molar-refractivity contribution in [3.05, 3.63) is 123 Å². The fraction of sp³-hybridized carbons (Fsp3) is 0.257. The van der Waals surface area contributed by atoms with Crippen molar-refractivity contribution in [2.75, 3.05) is 24.5 Å². The van der Waals surface area contributed by atoms with Gasteiger partial charge in [0.05, 0.1) is 27.7 Å². The van der Waals surface area contributed by atoms with Gasteiger partial charge in [0.25, 0.3) is 10.0 Å². The number of hydrogen-bond donors (Lipinski definition) is 1. The van der Waals surface area contributed by atoms with Crippen molar-refractivity contribution < 1.29 is 22.7 Å². The van der Waals surface area contributed by atoms with Crippen LogP contribution in [0.25, 0.3) is 0 Å². The zero-order valence-electron chi connectivity index (χ0n) is 26.2. The maximum Gasteiger partial charge on any atom is 0.264 e. The monoisotopic (exact) mass is 715 g/mol. The van der Waals surface area contributed by atoms with Crippen LogP contribution in [-0.2, 0) is 32.6 Å². The number of halogens is 3. The van der Waals surface area contributed by atoms with Crippen molar-refractivity contribution >= 4 is 62.3 Å². The minimum Gasteiger partial charge on any atom is -0.497 e. The Labute approximate surface area is 291 Å². The number of hydrogen-bond acceptors (Lipinski definition) is 5. The first-order valence-corrected chi connectivity index (χ1v) is 17.4. The minimum absolute atomic E-state index is 0.0473. The topological polar surface area (TPSA) is 96.0 Å². The number of nitrogens with zero attached hydrogens (tertiary/aromatic N) is 2. The molecule has 248 valence electrons. The molecule has 0 aromatic heterocycles. The Morgan fingerprint density at radius 1 is 0.830 bits per heavy atom. The Balaban J connectivity index is 1.81. The van der Waals surface area contributed by atoms with E-state index < -0.39 is 28.5 Å². The summed E-state index contributed by atoms with van der Waals surface area (Å²) in [5.41, 5.74) is 1.61. The zero-order valence-corrected chi connectivity index (χ0v) is 29.3. The summed E-state index contributed by atoms with van der Waals surface area (Å²) >= 11 is 18.8. The van der Waals surface area contributed by atoms with E-state index in [-0.39, 0.29) is 45.4 Å². The highest BCUT2D eigenvalue weighted by Gasteiger charge is 2.35. The smallest absolute Gasteiger partial charge is 0.264 e. The molecular weight excluding hydrogens is 681 g/mol. The van der Waals surface area contributed by atoms with Crippen molar-refractivity contribution in [2.45, 2.75) is 37.8 Å². The van der Waals surface area contributed by atoms with Gasteiger partial charge in [-0.2, -0.15) is 0 Å². The van der Waals surface area contributed by atoms with Crippen molar-refractivity contribution in [1.29, 1.82) is 0 Å². The number of methoxy groups -OCH3 is 1. The van der Waals surface area contributed by atoms with Gasteiger partial charge in [-0.05, 0) is 71.6 Å². The first-order chi connectivity index (χ1) is 22.4. The maximum absolute atomic E-state index is 14.5. The second kappa shape index (κ2) is 16.4. The van der Waals surface area contributed by atoms with E-state index in [4.69, 9.17) is 39.5 Å². The summed E-state index contributed by atoms with van der Waals surface area (Å²) in [7, 11) is -2.83. The lowest BCUT2D eigenvalue weighted by molar-refractivity contribution is -0.140. The van der Waals surface area contributed by atoms with Gasteiger partial charge in [-0.15, -0.1) is 0 Å². The second-order valence-corrected chi connectivity index (χ2v) is 14.4. The van der Waals surface area contributed by atoms with Crippen LogP contribution in [0.3, 0.4) is 0 Å². The molecule has 4 aromatic rings. The van der Waals surface area contributed by atoms with Gasteiger partial charge in [0.15, 0.2) is 0 Å². The molecule has 0 aliphatic rings. The molecule has 0 heterocycles. The number of carbonyl (C=O) groups excluding carboxylic acids is 2. The number of carbonyl (C=O) groups is 2. The van der Waals surface area contributed by atoms with Crippen molar-refractivity contribution in [1.82, 2.24) is 10.2 Å². The molecule has 4 aromatic carbocycles. The first kappa shape index (κ1) is 36.1. The molecule has 0 radical (unpaired) electrons. The van der Waals surface area contributed by atoms with E-state index >= 15 is 0 Å². The molecule has 1 atom stereocenters. The molecular formula is C35H36Cl3N3O5S. The van der Waals surface area contributed by atoms with Crippen LogP contribution >= 0.6 is 34.8 Å². The maximum atomic E-state index is 14.5. The van der Waals surface area contributed by atoms with Gasteiger partial charge in [0.1, 0.15) is 18.3 Å². The molecule has 2 amide bonds. The lowest BCUT2D eigenvalue weighted by Gasteiger charge is -2.34. The number of rotatable bonds is 14. The second-order valence-electron chi connectivity index (χ2n) is 11.3. The third-order valence-corrected chi connectivity index (χ3v) is 10.1. The standard InChI is InChI=1S/C35H36Cl3N3O5S/c1-24(2)21-39-35(43)33(19-25-8-5-4-6-9-25)40(22-26-12-17-31(37)32(38)18-26)34(42)23-41(28-11-7-10-27(36)20-28)47(44,45)30-15-13-29(46-3)14-16-30/h4-18,20,24,33H,19,21-23H2,1-3H3,(H,39,43). The van der Waals surface area contributed by atoms with E-state index in [9.17, 15) is 18.0 Å². The number of anilines is 1. The molecule has 0 spiro atoms. The molecule has 4 rings (SSSR count). The fourth-order valence-electron chi connectivity index (χ4n) is 4.85. The van der Waals surface area contributed by atoms with Gasteiger partial charge in [-0.1, -0.05) is 91.1 Å². The summed E-state index contributed by atoms with van der Waals surface area (Å²) in [5, 5.41) is 3.86. The van der Waals surface area contributed by atoms with E-state index in [1.807, 2.05) is 44.2 Å². The summed E-state index contributed by atoms with van der Waals surface area (Å²) in [4.78, 5) is 29.8. The summed E-state index contributed by atoms with van der Waals surface area (Å²) < 4.78 is 34.5. The van der Waals surface area contributed by atoms with Gasteiger partial charge in [-0.25, -0.2) is 8.42 Å². The zero-order chi connectivity index (χ0) is 34.1. The van der Waals surface area contributed by atoms with Crippen LogP contribution in [0.5, 0.6) is 5.75 Å². The highest BCUT2D eigenvalue weighted by Crippen LogP contribution is 2.29. The quantitative estimate of drug-likeness (QED) is 0.148. The Bertz CT molecular complexity index is 1790. The summed E-state index contributed by atoms with van der Waals surface area (Å²) in [6.45, 7) is 3.66. The van der Waals surface area contributed by atoms with Crippen LogP contribution in [0.1, 0.15) is 25.0 Å². The number of benzene rings is 4. The van der Waals surface area contributed by atoms with E-state index in [2.05, 4.69) is 5.32 Å². The van der Waals surface area contributed by atoms with Gasteiger partial charge >= 0.3 is 0 Å². The molecule has 47 heavy (non-hydrogen) atoms. The Kier molecular flexibility index (Phi) is 12.6. The predicted molar refractivity (Wildman–Crippen MR) is 188 cm³/mol. The lowest BCUT2D eigenvalue weighted by Crippen LogP contribution is -2.53. The van der Waals surface area contributed by atoms with Crippen LogP contribution in [0.15, 0.2) is 102 Å². The molecule has 8 nitrogen and oxygen atoms in total. The molecule has 12 heteroatoms. The Morgan fingerprint density at radius 2 is 1.53 bits per heavy atom. The van der Waals surface area contributed by atoms with Crippen LogP contribution in [0.2, 0.25) is 15.1 Å². The largest absolute Gasteiger partial charge is 0.497 e. The van der Waals surface area contributed by atoms with Crippen LogP contribution < -0.4 is 14.4 Å². The molecule has 1 unspecified atom stereocenters. The number of nitrogens with one attached hydrogen (secondary N) is 1. The van der Waals surface area contributed by atoms with Gasteiger partial charge in [-0.3, -0.25) is 13.9 Å². The number of ether oxygens (including phenoxy) is 1. The summed E-state index contributed by atoms with van der Waals surface area (Å²) in [6.07, 6.45) is 0.181. The highest BCUT2D eigenvalue weighted by atomic mass is 35.5. The fourth-order valence-corrected chi connectivity index (χ4v) is 6.76. The van der Waals surface area contributed by atoms with Crippen LogP contribution in [0, 0.1) is 5.92 Å². The summed E-state index contributed by atoms with van der Waals surface area (Å²) in [5.74, 6) is -0.362. The van der Waals surface area contributed by atoms with Crippen molar-refractivity contribution in [2.24, 2.45) is 5.92 Å². The number of sulfonamides is 1. The van der Waals surface area contributed by atoms with Gasteiger partial charge in [0.2, 0.25) is 11.8 Å². The molecule has 0 aliphatic heterocycles. The normalized spacial score (nSPS) is 12.0. The lowest BCUT2D eigenvalue weighted by atomic mass is 10.0. The van der Waals surface area contributed by atoms with E-state index in [1.54, 1.807) is 36.4 Å². The van der Waals surface area contributed by atoms with Crippen LogP contribution in [-0.4, -0.2) is 51.4 Å². The Morgan fingerprint density at radius 3 is 2.15 bits per heavy atom. The SMILES string of the molecule is COc1ccc(S(=O)(=O)N(CC(=O)N(Cc2ccc(Cl)c(Cl)c2)C(Cc2ccccc2)C(=O)NCC(C)C)c2cccc(Cl)c2)cc1. The van der Waals surface area contributed by atoms with Gasteiger partial charge < -0.3 is 15.0 Å². The first-order valence-electron chi connectivity index (χ1n) is 14.9. The minimum atomic E-state index is -4.30. The summed E-state index contributed by atoms with van der Waals surface area (Å²) in [6, 6.07) is 25.4. The van der Waals surface area contributed by atoms with Crippen LogP contribution in [0.4, 0.5) is 5.69 Å². The average molecular weight is 717 g/mol.